The van der Waals surface area contributed by atoms with E-state index in [4.69, 9.17) is 0 Å². The zero-order valence-corrected chi connectivity index (χ0v) is 20.1. The molecule has 164 valence electrons. The van der Waals surface area contributed by atoms with Gasteiger partial charge in [-0.25, -0.2) is 4.98 Å². The number of aromatic nitrogens is 3. The van der Waals surface area contributed by atoms with Crippen molar-refractivity contribution in [3.05, 3.63) is 36.2 Å². The number of halogens is 1. The second kappa shape index (κ2) is 11.6. The van der Waals surface area contributed by atoms with E-state index in [-0.39, 0.29) is 24.0 Å². The quantitative estimate of drug-likeness (QED) is 0.318. The first-order chi connectivity index (χ1) is 14.3. The molecule has 8 heteroatoms. The molecule has 0 radical (unpaired) electrons. The van der Waals surface area contributed by atoms with E-state index in [0.717, 1.165) is 29.9 Å². The van der Waals surface area contributed by atoms with Crippen LogP contribution in [0.2, 0.25) is 0 Å². The highest BCUT2D eigenvalue weighted by molar-refractivity contribution is 14.0. The maximum atomic E-state index is 4.43. The summed E-state index contributed by atoms with van der Waals surface area (Å²) in [6.07, 6.45) is 11.0. The van der Waals surface area contributed by atoms with E-state index in [9.17, 15) is 0 Å². The van der Waals surface area contributed by atoms with Gasteiger partial charge >= 0.3 is 0 Å². The molecule has 4 rings (SSSR count). The van der Waals surface area contributed by atoms with Crippen LogP contribution >= 0.6 is 24.0 Å². The van der Waals surface area contributed by atoms with Gasteiger partial charge in [0.25, 0.3) is 0 Å². The largest absolute Gasteiger partial charge is 0.354 e. The van der Waals surface area contributed by atoms with Crippen LogP contribution in [0.5, 0.6) is 0 Å². The first kappa shape index (κ1) is 23.0. The minimum atomic E-state index is 0. The molecule has 1 aliphatic carbocycles. The van der Waals surface area contributed by atoms with Crippen molar-refractivity contribution in [2.24, 2.45) is 4.99 Å². The fraction of sp³-hybridized carbons (Fsp3) is 0.591. The van der Waals surface area contributed by atoms with Crippen LogP contribution in [0.4, 0.5) is 0 Å². The maximum Gasteiger partial charge on any atom is 0.191 e. The molecule has 2 fully saturated rings. The van der Waals surface area contributed by atoms with Crippen molar-refractivity contribution in [2.45, 2.75) is 63.6 Å². The molecule has 1 saturated carbocycles. The second-order valence-electron chi connectivity index (χ2n) is 8.21. The standard InChI is InChI=1S/C22H33N7.HI/c1-23-22(24-15-17-6-5-7-18(14-17)21-25-16-26-28-21)27-19-10-12-29(13-11-19)20-8-3-2-4-9-20;/h5-7,14,16,19-20H,2-4,8-13,15H2,1H3,(H2,23,24,27)(H,25,26,28);1H. The maximum absolute atomic E-state index is 4.43. The van der Waals surface area contributed by atoms with Crippen LogP contribution in [0.25, 0.3) is 11.4 Å². The molecule has 30 heavy (non-hydrogen) atoms. The number of nitrogens with one attached hydrogen (secondary N) is 3. The summed E-state index contributed by atoms with van der Waals surface area (Å²) < 4.78 is 0. The van der Waals surface area contributed by atoms with Crippen molar-refractivity contribution in [3.63, 3.8) is 0 Å². The number of nitrogens with zero attached hydrogens (tertiary/aromatic N) is 4. The number of benzene rings is 1. The van der Waals surface area contributed by atoms with E-state index in [1.165, 1.54) is 69.9 Å². The van der Waals surface area contributed by atoms with E-state index in [0.29, 0.717) is 6.04 Å². The molecule has 0 spiro atoms. The van der Waals surface area contributed by atoms with Gasteiger partial charge in [-0.15, -0.1) is 24.0 Å². The van der Waals surface area contributed by atoms with Gasteiger partial charge in [0.15, 0.2) is 11.8 Å². The zero-order chi connectivity index (χ0) is 19.9. The summed E-state index contributed by atoms with van der Waals surface area (Å²) in [5, 5.41) is 13.9. The third-order valence-corrected chi connectivity index (χ3v) is 6.26. The van der Waals surface area contributed by atoms with Crippen LogP contribution in [0.3, 0.4) is 0 Å². The number of hydrogen-bond donors (Lipinski definition) is 3. The molecule has 0 amide bonds. The van der Waals surface area contributed by atoms with Gasteiger partial charge in [-0.3, -0.25) is 10.1 Å². The summed E-state index contributed by atoms with van der Waals surface area (Å²) in [5.41, 5.74) is 2.23. The van der Waals surface area contributed by atoms with Crippen LogP contribution in [-0.2, 0) is 6.54 Å². The minimum Gasteiger partial charge on any atom is -0.354 e. The summed E-state index contributed by atoms with van der Waals surface area (Å²) in [6.45, 7) is 3.14. The van der Waals surface area contributed by atoms with E-state index in [1.54, 1.807) is 0 Å². The lowest BCUT2D eigenvalue weighted by Gasteiger charge is -2.39. The van der Waals surface area contributed by atoms with Crippen molar-refractivity contribution in [1.29, 1.82) is 0 Å². The van der Waals surface area contributed by atoms with Crippen LogP contribution in [0.15, 0.2) is 35.6 Å². The summed E-state index contributed by atoms with van der Waals surface area (Å²) >= 11 is 0. The predicted molar refractivity (Wildman–Crippen MR) is 132 cm³/mol. The molecule has 0 atom stereocenters. The fourth-order valence-electron chi connectivity index (χ4n) is 4.60. The van der Waals surface area contributed by atoms with Gasteiger partial charge in [-0.2, -0.15) is 5.10 Å². The fourth-order valence-corrected chi connectivity index (χ4v) is 4.60. The Kier molecular flexibility index (Phi) is 8.92. The summed E-state index contributed by atoms with van der Waals surface area (Å²) in [6, 6.07) is 9.66. The van der Waals surface area contributed by atoms with Crippen molar-refractivity contribution in [1.82, 2.24) is 30.7 Å². The second-order valence-corrected chi connectivity index (χ2v) is 8.21. The first-order valence-electron chi connectivity index (χ1n) is 11.0. The third kappa shape index (κ3) is 6.16. The van der Waals surface area contributed by atoms with Gasteiger partial charge in [0, 0.05) is 44.3 Å². The smallest absolute Gasteiger partial charge is 0.191 e. The van der Waals surface area contributed by atoms with Gasteiger partial charge in [0.1, 0.15) is 6.33 Å². The molecule has 2 heterocycles. The number of guanidine groups is 1. The average molecular weight is 523 g/mol. The first-order valence-corrected chi connectivity index (χ1v) is 11.0. The van der Waals surface area contributed by atoms with E-state index in [2.05, 4.69) is 47.8 Å². The predicted octanol–water partition coefficient (Wildman–Crippen LogP) is 3.55. The highest BCUT2D eigenvalue weighted by Gasteiger charge is 2.26. The Hall–Kier alpha value is -1.68. The number of hydrogen-bond acceptors (Lipinski definition) is 4. The highest BCUT2D eigenvalue weighted by Crippen LogP contribution is 2.25. The molecule has 3 N–H and O–H groups in total. The number of piperidine rings is 1. The molecule has 0 bridgehead atoms. The Balaban J connectivity index is 0.00000256. The summed E-state index contributed by atoms with van der Waals surface area (Å²) in [4.78, 5) is 11.4. The van der Waals surface area contributed by atoms with Gasteiger partial charge in [0.05, 0.1) is 0 Å². The van der Waals surface area contributed by atoms with Gasteiger partial charge in [-0.1, -0.05) is 37.5 Å². The molecular weight excluding hydrogens is 489 g/mol. The van der Waals surface area contributed by atoms with Crippen LogP contribution < -0.4 is 10.6 Å². The number of aromatic amines is 1. The number of likely N-dealkylation sites (tertiary alicyclic amines) is 1. The van der Waals surface area contributed by atoms with Crippen molar-refractivity contribution >= 4 is 29.9 Å². The minimum absolute atomic E-state index is 0. The Labute approximate surface area is 196 Å². The Morgan fingerprint density at radius 3 is 2.67 bits per heavy atom. The molecule has 1 aliphatic heterocycles. The SMILES string of the molecule is CN=C(NCc1cccc(-c2ncn[nH]2)c1)NC1CCN(C2CCCCC2)CC1.I. The van der Waals surface area contributed by atoms with E-state index in [1.807, 2.05) is 19.2 Å². The van der Waals surface area contributed by atoms with Crippen molar-refractivity contribution in [3.8, 4) is 11.4 Å². The van der Waals surface area contributed by atoms with Crippen LogP contribution in [-0.4, -0.2) is 58.3 Å². The highest BCUT2D eigenvalue weighted by atomic mass is 127. The average Bonchev–Trinajstić information content (AvgIpc) is 3.33. The third-order valence-electron chi connectivity index (χ3n) is 6.26. The summed E-state index contributed by atoms with van der Waals surface area (Å²) in [5.74, 6) is 1.67. The normalized spacial score (nSPS) is 19.3. The topological polar surface area (TPSA) is 81.2 Å². The zero-order valence-electron chi connectivity index (χ0n) is 17.8. The number of aliphatic imine (C=N–C) groups is 1. The molecule has 1 aromatic carbocycles. The van der Waals surface area contributed by atoms with E-state index >= 15 is 0 Å². The van der Waals surface area contributed by atoms with Gasteiger partial charge in [0.2, 0.25) is 0 Å². The molecule has 2 aliphatic rings. The molecule has 1 aromatic heterocycles. The van der Waals surface area contributed by atoms with E-state index < -0.39 is 0 Å². The monoisotopic (exact) mass is 523 g/mol. The molecule has 2 aromatic rings. The molecule has 0 unspecified atom stereocenters. The van der Waals surface area contributed by atoms with Gasteiger partial charge in [-0.05, 0) is 37.3 Å². The lowest BCUT2D eigenvalue weighted by Crippen LogP contribution is -2.50. The lowest BCUT2D eigenvalue weighted by molar-refractivity contribution is 0.119. The molecule has 1 saturated heterocycles. The van der Waals surface area contributed by atoms with Crippen LogP contribution in [0, 0.1) is 0 Å². The number of rotatable bonds is 5. The Bertz CT molecular complexity index is 779. The molecular formula is C22H34IN7. The Morgan fingerprint density at radius 2 is 1.97 bits per heavy atom. The Morgan fingerprint density at radius 1 is 1.17 bits per heavy atom. The van der Waals surface area contributed by atoms with Crippen LogP contribution in [0.1, 0.15) is 50.5 Å². The summed E-state index contributed by atoms with van der Waals surface area (Å²) in [7, 11) is 1.84. The van der Waals surface area contributed by atoms with Gasteiger partial charge < -0.3 is 15.5 Å². The molecule has 7 nitrogen and oxygen atoms in total. The van der Waals surface area contributed by atoms with Crippen molar-refractivity contribution in [2.75, 3.05) is 20.1 Å². The number of H-pyrrole nitrogens is 1. The lowest BCUT2D eigenvalue weighted by atomic mass is 9.92. The van der Waals surface area contributed by atoms with Crippen molar-refractivity contribution < 1.29 is 0 Å².